The van der Waals surface area contributed by atoms with Gasteiger partial charge in [0.2, 0.25) is 5.89 Å². The Balaban J connectivity index is 0.00000208. The first-order valence-corrected chi connectivity index (χ1v) is 8.44. The third-order valence-electron chi connectivity index (χ3n) is 4.41. The summed E-state index contributed by atoms with van der Waals surface area (Å²) >= 11 is 6.15. The minimum Gasteiger partial charge on any atom is -0.339 e. The minimum absolute atomic E-state index is 0. The predicted molar refractivity (Wildman–Crippen MR) is 97.9 cm³/mol. The summed E-state index contributed by atoms with van der Waals surface area (Å²) in [5.41, 5.74) is 1.11. The van der Waals surface area contributed by atoms with Crippen LogP contribution >= 0.6 is 24.0 Å². The van der Waals surface area contributed by atoms with Crippen molar-refractivity contribution in [3.8, 4) is 0 Å². The van der Waals surface area contributed by atoms with Gasteiger partial charge in [-0.25, -0.2) is 0 Å². The Morgan fingerprint density at radius 2 is 2.17 bits per heavy atom. The first kappa shape index (κ1) is 19.2. The second-order valence-corrected chi connectivity index (χ2v) is 6.90. The van der Waals surface area contributed by atoms with Crippen molar-refractivity contribution in [1.29, 1.82) is 0 Å². The van der Waals surface area contributed by atoms with Gasteiger partial charge in [0.05, 0.1) is 12.0 Å². The topological polar surface area (TPSA) is 54.2 Å². The Hall–Kier alpha value is -1.14. The van der Waals surface area contributed by atoms with E-state index in [1.54, 1.807) is 0 Å². The molecule has 0 bridgehead atoms. The van der Waals surface area contributed by atoms with E-state index in [4.69, 9.17) is 21.1 Å². The first-order valence-electron chi connectivity index (χ1n) is 8.06. The average Bonchev–Trinajstić information content (AvgIpc) is 2.97. The van der Waals surface area contributed by atoms with Crippen molar-refractivity contribution in [2.45, 2.75) is 25.8 Å². The van der Waals surface area contributed by atoms with Gasteiger partial charge in [0, 0.05) is 24.7 Å². The molecular formula is C17H24Cl2N4O. The molecule has 2 heterocycles. The lowest BCUT2D eigenvalue weighted by molar-refractivity contribution is 0.190. The van der Waals surface area contributed by atoms with Crippen LogP contribution in [0.3, 0.4) is 0 Å². The highest BCUT2D eigenvalue weighted by Gasteiger charge is 2.29. The van der Waals surface area contributed by atoms with Crippen molar-refractivity contribution in [1.82, 2.24) is 20.4 Å². The molecular weight excluding hydrogens is 347 g/mol. The third kappa shape index (κ3) is 4.09. The molecule has 1 aromatic heterocycles. The number of likely N-dealkylation sites (N-methyl/N-ethyl adjacent to an activating group) is 1. The van der Waals surface area contributed by atoms with Gasteiger partial charge in [0.15, 0.2) is 5.82 Å². The van der Waals surface area contributed by atoms with Crippen molar-refractivity contribution in [2.24, 2.45) is 5.92 Å². The van der Waals surface area contributed by atoms with Gasteiger partial charge in [0.1, 0.15) is 0 Å². The number of hydrogen-bond donors (Lipinski definition) is 1. The molecule has 132 valence electrons. The number of benzene rings is 1. The highest BCUT2D eigenvalue weighted by atomic mass is 35.5. The SMILES string of the molecule is CC(C)C(c1cccc(Cl)c1)c1nc(C2CNCCN2C)no1.Cl. The van der Waals surface area contributed by atoms with Crippen molar-refractivity contribution >= 4 is 24.0 Å². The average molecular weight is 371 g/mol. The van der Waals surface area contributed by atoms with Crippen LogP contribution in [0.5, 0.6) is 0 Å². The maximum atomic E-state index is 6.15. The molecule has 0 amide bonds. The largest absolute Gasteiger partial charge is 0.339 e. The predicted octanol–water partition coefficient (Wildman–Crippen LogP) is 3.51. The van der Waals surface area contributed by atoms with E-state index in [0.29, 0.717) is 11.8 Å². The highest BCUT2D eigenvalue weighted by molar-refractivity contribution is 6.30. The smallest absolute Gasteiger partial charge is 0.234 e. The van der Waals surface area contributed by atoms with Crippen LogP contribution in [0.4, 0.5) is 0 Å². The van der Waals surface area contributed by atoms with E-state index >= 15 is 0 Å². The zero-order chi connectivity index (χ0) is 16.4. The molecule has 0 spiro atoms. The van der Waals surface area contributed by atoms with E-state index in [1.165, 1.54) is 0 Å². The van der Waals surface area contributed by atoms with Gasteiger partial charge in [-0.2, -0.15) is 4.98 Å². The molecule has 5 nitrogen and oxygen atoms in total. The molecule has 1 aromatic carbocycles. The molecule has 1 aliphatic heterocycles. The van der Waals surface area contributed by atoms with Gasteiger partial charge in [-0.15, -0.1) is 12.4 Å². The lowest BCUT2D eigenvalue weighted by atomic mass is 9.88. The van der Waals surface area contributed by atoms with Crippen molar-refractivity contribution < 1.29 is 4.52 Å². The molecule has 1 fully saturated rings. The summed E-state index contributed by atoms with van der Waals surface area (Å²) < 4.78 is 5.63. The number of rotatable bonds is 4. The van der Waals surface area contributed by atoms with Crippen molar-refractivity contribution in [2.75, 3.05) is 26.7 Å². The van der Waals surface area contributed by atoms with Crippen LogP contribution in [0.2, 0.25) is 5.02 Å². The maximum Gasteiger partial charge on any atom is 0.234 e. The highest BCUT2D eigenvalue weighted by Crippen LogP contribution is 2.33. The Bertz CT molecular complexity index is 662. The van der Waals surface area contributed by atoms with Crippen LogP contribution in [0.25, 0.3) is 0 Å². The van der Waals surface area contributed by atoms with Gasteiger partial charge < -0.3 is 9.84 Å². The Labute approximate surface area is 154 Å². The van der Waals surface area contributed by atoms with Crippen LogP contribution in [0.15, 0.2) is 28.8 Å². The minimum atomic E-state index is 0. The van der Waals surface area contributed by atoms with Crippen LogP contribution < -0.4 is 5.32 Å². The second kappa shape index (κ2) is 8.30. The van der Waals surface area contributed by atoms with E-state index in [9.17, 15) is 0 Å². The number of hydrogen-bond acceptors (Lipinski definition) is 5. The molecule has 7 heteroatoms. The van der Waals surface area contributed by atoms with Gasteiger partial charge in [0.25, 0.3) is 0 Å². The summed E-state index contributed by atoms with van der Waals surface area (Å²) in [6.45, 7) is 7.14. The van der Waals surface area contributed by atoms with Crippen LogP contribution in [-0.2, 0) is 0 Å². The molecule has 0 aliphatic carbocycles. The van der Waals surface area contributed by atoms with Gasteiger partial charge in [-0.05, 0) is 30.7 Å². The zero-order valence-electron chi connectivity index (χ0n) is 14.2. The fourth-order valence-electron chi connectivity index (χ4n) is 3.12. The molecule has 2 aromatic rings. The fourth-order valence-corrected chi connectivity index (χ4v) is 3.31. The summed E-state index contributed by atoms with van der Waals surface area (Å²) in [5, 5.41) is 8.35. The zero-order valence-corrected chi connectivity index (χ0v) is 15.8. The molecule has 24 heavy (non-hydrogen) atoms. The van der Waals surface area contributed by atoms with E-state index in [0.717, 1.165) is 36.0 Å². The lowest BCUT2D eigenvalue weighted by Crippen LogP contribution is -2.44. The van der Waals surface area contributed by atoms with Crippen LogP contribution in [-0.4, -0.2) is 41.7 Å². The quantitative estimate of drug-likeness (QED) is 0.892. The Kier molecular flexibility index (Phi) is 6.63. The summed E-state index contributed by atoms with van der Waals surface area (Å²) in [6.07, 6.45) is 0. The Morgan fingerprint density at radius 3 is 2.83 bits per heavy atom. The van der Waals surface area contributed by atoms with Gasteiger partial charge in [-0.3, -0.25) is 4.90 Å². The third-order valence-corrected chi connectivity index (χ3v) is 4.64. The molecule has 1 N–H and O–H groups in total. The monoisotopic (exact) mass is 370 g/mol. The Morgan fingerprint density at radius 1 is 1.38 bits per heavy atom. The second-order valence-electron chi connectivity index (χ2n) is 6.47. The molecule has 3 rings (SSSR count). The maximum absolute atomic E-state index is 6.15. The normalized spacial score (nSPS) is 20.0. The summed E-state index contributed by atoms with van der Waals surface area (Å²) in [4.78, 5) is 6.97. The molecule has 0 saturated carbocycles. The molecule has 2 unspecified atom stereocenters. The molecule has 0 radical (unpaired) electrons. The summed E-state index contributed by atoms with van der Waals surface area (Å²) in [7, 11) is 2.10. The summed E-state index contributed by atoms with van der Waals surface area (Å²) in [5.74, 6) is 1.81. The number of nitrogens with one attached hydrogen (secondary N) is 1. The molecule has 1 aliphatic rings. The van der Waals surface area contributed by atoms with Crippen molar-refractivity contribution in [3.05, 3.63) is 46.6 Å². The molecule has 1 saturated heterocycles. The van der Waals surface area contributed by atoms with E-state index in [-0.39, 0.29) is 24.4 Å². The standard InChI is InChI=1S/C17H23ClN4O.ClH/c1-11(2)15(12-5-4-6-13(18)9-12)17-20-16(21-23-17)14-10-19-7-8-22(14)3;/h4-6,9,11,14-15,19H,7-8,10H2,1-3H3;1H. The van der Waals surface area contributed by atoms with Crippen LogP contribution in [0, 0.1) is 5.92 Å². The first-order chi connectivity index (χ1) is 11.1. The van der Waals surface area contributed by atoms with Crippen LogP contribution in [0.1, 0.15) is 43.1 Å². The number of nitrogens with zero attached hydrogens (tertiary/aromatic N) is 3. The van der Waals surface area contributed by atoms with E-state index < -0.39 is 0 Å². The van der Waals surface area contributed by atoms with E-state index in [2.05, 4.69) is 42.3 Å². The molecule has 2 atom stereocenters. The van der Waals surface area contributed by atoms with E-state index in [1.807, 2.05) is 18.2 Å². The lowest BCUT2D eigenvalue weighted by Gasteiger charge is -2.30. The van der Waals surface area contributed by atoms with Gasteiger partial charge in [-0.1, -0.05) is 42.7 Å². The number of halogens is 2. The fraction of sp³-hybridized carbons (Fsp3) is 0.529. The van der Waals surface area contributed by atoms with Crippen molar-refractivity contribution in [3.63, 3.8) is 0 Å². The number of aromatic nitrogens is 2. The van der Waals surface area contributed by atoms with Gasteiger partial charge >= 0.3 is 0 Å². The summed E-state index contributed by atoms with van der Waals surface area (Å²) in [6, 6.07) is 8.04. The number of piperazine rings is 1.